The highest BCUT2D eigenvalue weighted by Gasteiger charge is 2.07. The van der Waals surface area contributed by atoms with Gasteiger partial charge >= 0.3 is 0 Å². The third-order valence-corrected chi connectivity index (χ3v) is 1.43. The lowest BCUT2D eigenvalue weighted by molar-refractivity contribution is 0.824. The van der Waals surface area contributed by atoms with Crippen LogP contribution in [0.1, 0.15) is 6.42 Å². The standard InChI is InChI=1S/C7H6.H2O/c1-2-7-4-3-6(1)5-7;/h1-4H,5H2;1H2. The van der Waals surface area contributed by atoms with Crippen LogP contribution in [0.3, 0.4) is 0 Å². The van der Waals surface area contributed by atoms with E-state index in [1.807, 2.05) is 0 Å². The van der Waals surface area contributed by atoms with Crippen molar-refractivity contribution < 1.29 is 5.48 Å². The molecule has 0 aromatic carbocycles. The SMILES string of the molecule is C1=CC2=CC=C1C2.O. The third-order valence-electron chi connectivity index (χ3n) is 1.43. The van der Waals surface area contributed by atoms with Gasteiger partial charge in [0, 0.05) is 0 Å². The van der Waals surface area contributed by atoms with E-state index in [4.69, 9.17) is 0 Å². The Morgan fingerprint density at radius 2 is 1.50 bits per heavy atom. The summed E-state index contributed by atoms with van der Waals surface area (Å²) in [6.45, 7) is 0. The van der Waals surface area contributed by atoms with Crippen LogP contribution in [-0.4, -0.2) is 5.48 Å². The van der Waals surface area contributed by atoms with Crippen LogP contribution in [0.4, 0.5) is 0 Å². The van der Waals surface area contributed by atoms with Crippen molar-refractivity contribution in [1.29, 1.82) is 0 Å². The van der Waals surface area contributed by atoms with Gasteiger partial charge in [0.05, 0.1) is 0 Å². The van der Waals surface area contributed by atoms with Gasteiger partial charge in [0.25, 0.3) is 0 Å². The number of hydrogen-bond acceptors (Lipinski definition) is 0. The van der Waals surface area contributed by atoms with Gasteiger partial charge in [0.2, 0.25) is 0 Å². The summed E-state index contributed by atoms with van der Waals surface area (Å²) < 4.78 is 0. The zero-order valence-electron chi connectivity index (χ0n) is 4.52. The molecule has 0 unspecified atom stereocenters. The van der Waals surface area contributed by atoms with E-state index >= 15 is 0 Å². The molecule has 0 saturated carbocycles. The molecule has 1 nitrogen and oxygen atoms in total. The molecular weight excluding hydrogens is 100 g/mol. The van der Waals surface area contributed by atoms with Gasteiger partial charge in [-0.3, -0.25) is 0 Å². The Balaban J connectivity index is 0.000000320. The van der Waals surface area contributed by atoms with E-state index in [1.165, 1.54) is 17.6 Å². The quantitative estimate of drug-likeness (QED) is 0.443. The molecule has 0 radical (unpaired) electrons. The fourth-order valence-electron chi connectivity index (χ4n) is 1.01. The summed E-state index contributed by atoms with van der Waals surface area (Å²) in [5, 5.41) is 0. The Hall–Kier alpha value is -0.820. The van der Waals surface area contributed by atoms with Gasteiger partial charge in [-0.05, 0) is 17.6 Å². The Morgan fingerprint density at radius 1 is 1.00 bits per heavy atom. The maximum absolute atomic E-state index is 2.18. The Labute approximate surface area is 48.3 Å². The number of allylic oxidation sites excluding steroid dienone is 6. The average molecular weight is 108 g/mol. The summed E-state index contributed by atoms with van der Waals surface area (Å²) in [6, 6.07) is 0. The molecule has 2 aliphatic rings. The normalized spacial score (nSPS) is 20.0. The van der Waals surface area contributed by atoms with Crippen molar-refractivity contribution in [1.82, 2.24) is 0 Å². The predicted octanol–water partition coefficient (Wildman–Crippen LogP) is 0.988. The van der Waals surface area contributed by atoms with Crippen LogP contribution in [-0.2, 0) is 0 Å². The lowest BCUT2D eigenvalue weighted by Gasteiger charge is -1.77. The van der Waals surface area contributed by atoms with Gasteiger partial charge in [-0.15, -0.1) is 0 Å². The smallest absolute Gasteiger partial charge is 0.00258 e. The summed E-state index contributed by atoms with van der Waals surface area (Å²) in [4.78, 5) is 0. The Morgan fingerprint density at radius 3 is 1.62 bits per heavy atom. The van der Waals surface area contributed by atoms with Gasteiger partial charge in [0.15, 0.2) is 0 Å². The minimum atomic E-state index is 0. The van der Waals surface area contributed by atoms with Crippen molar-refractivity contribution in [3.05, 3.63) is 35.5 Å². The Kier molecular flexibility index (Phi) is 1.06. The van der Waals surface area contributed by atoms with E-state index < -0.39 is 0 Å². The van der Waals surface area contributed by atoms with Crippen LogP contribution in [0.15, 0.2) is 35.5 Å². The summed E-state index contributed by atoms with van der Waals surface area (Å²) in [7, 11) is 0. The fraction of sp³-hybridized carbons (Fsp3) is 0.143. The van der Waals surface area contributed by atoms with E-state index in [-0.39, 0.29) is 5.48 Å². The second-order valence-electron chi connectivity index (χ2n) is 1.99. The lowest BCUT2D eigenvalue weighted by Crippen LogP contribution is -1.59. The van der Waals surface area contributed by atoms with E-state index in [0.717, 1.165) is 0 Å². The maximum Gasteiger partial charge on any atom is -0.00258 e. The molecule has 0 fully saturated rings. The molecule has 8 heavy (non-hydrogen) atoms. The van der Waals surface area contributed by atoms with Crippen LogP contribution in [0.25, 0.3) is 0 Å². The molecule has 2 bridgehead atoms. The molecule has 2 N–H and O–H groups in total. The molecule has 0 spiro atoms. The summed E-state index contributed by atoms with van der Waals surface area (Å²) in [5.41, 5.74) is 2.94. The molecule has 1 heteroatoms. The molecule has 0 aliphatic heterocycles. The second-order valence-corrected chi connectivity index (χ2v) is 1.99. The molecule has 42 valence electrons. The van der Waals surface area contributed by atoms with Crippen LogP contribution in [0.2, 0.25) is 0 Å². The van der Waals surface area contributed by atoms with E-state index in [1.54, 1.807) is 0 Å². The van der Waals surface area contributed by atoms with Crippen LogP contribution < -0.4 is 0 Å². The minimum absolute atomic E-state index is 0. The number of fused-ring (bicyclic) bond motifs is 2. The van der Waals surface area contributed by atoms with E-state index in [0.29, 0.717) is 0 Å². The lowest BCUT2D eigenvalue weighted by atomic mass is 10.3. The molecular formula is C7H8O. The van der Waals surface area contributed by atoms with Crippen LogP contribution in [0.5, 0.6) is 0 Å². The zero-order chi connectivity index (χ0) is 4.69. The van der Waals surface area contributed by atoms with Crippen molar-refractivity contribution >= 4 is 0 Å². The minimum Gasteiger partial charge on any atom is -0.412 e. The number of hydrogen-bond donors (Lipinski definition) is 0. The summed E-state index contributed by atoms with van der Waals surface area (Å²) >= 11 is 0. The highest BCUT2D eigenvalue weighted by Crippen LogP contribution is 2.27. The highest BCUT2D eigenvalue weighted by atomic mass is 16.0. The summed E-state index contributed by atoms with van der Waals surface area (Å²) in [6.07, 6.45) is 9.90. The molecule has 2 rings (SSSR count). The van der Waals surface area contributed by atoms with E-state index in [2.05, 4.69) is 24.3 Å². The number of rotatable bonds is 0. The first kappa shape index (κ1) is 5.32. The predicted molar refractivity (Wildman–Crippen MR) is 33.5 cm³/mol. The van der Waals surface area contributed by atoms with Crippen molar-refractivity contribution in [2.45, 2.75) is 6.42 Å². The van der Waals surface area contributed by atoms with Crippen molar-refractivity contribution in [3.63, 3.8) is 0 Å². The molecule has 0 aromatic rings. The van der Waals surface area contributed by atoms with Crippen molar-refractivity contribution in [3.8, 4) is 0 Å². The Bertz CT molecular complexity index is 165. The molecule has 0 saturated heterocycles. The van der Waals surface area contributed by atoms with Crippen LogP contribution in [0, 0.1) is 0 Å². The van der Waals surface area contributed by atoms with Gasteiger partial charge in [-0.1, -0.05) is 24.3 Å². The highest BCUT2D eigenvalue weighted by molar-refractivity contribution is 5.49. The average Bonchev–Trinajstić information content (AvgIpc) is 2.22. The maximum atomic E-state index is 2.18. The van der Waals surface area contributed by atoms with Gasteiger partial charge < -0.3 is 5.48 Å². The van der Waals surface area contributed by atoms with Gasteiger partial charge in [0.1, 0.15) is 0 Å². The van der Waals surface area contributed by atoms with Crippen molar-refractivity contribution in [2.75, 3.05) is 0 Å². The van der Waals surface area contributed by atoms with Crippen LogP contribution >= 0.6 is 0 Å². The first-order chi connectivity index (χ1) is 3.45. The van der Waals surface area contributed by atoms with E-state index in [9.17, 15) is 0 Å². The van der Waals surface area contributed by atoms with Gasteiger partial charge in [-0.2, -0.15) is 0 Å². The first-order valence-electron chi connectivity index (χ1n) is 2.53. The monoisotopic (exact) mass is 108 g/mol. The third kappa shape index (κ3) is 0.521. The molecule has 0 amide bonds. The molecule has 0 heterocycles. The topological polar surface area (TPSA) is 31.5 Å². The molecule has 2 aliphatic carbocycles. The molecule has 0 aromatic heterocycles. The largest absolute Gasteiger partial charge is 0.412 e. The fourth-order valence-corrected chi connectivity index (χ4v) is 1.01. The zero-order valence-corrected chi connectivity index (χ0v) is 4.52. The molecule has 0 atom stereocenters. The van der Waals surface area contributed by atoms with Crippen molar-refractivity contribution in [2.24, 2.45) is 0 Å². The second kappa shape index (κ2) is 1.60. The summed E-state index contributed by atoms with van der Waals surface area (Å²) in [5.74, 6) is 0. The first-order valence-corrected chi connectivity index (χ1v) is 2.53. The van der Waals surface area contributed by atoms with Gasteiger partial charge in [-0.25, -0.2) is 0 Å².